The van der Waals surface area contributed by atoms with Crippen LogP contribution >= 0.6 is 0 Å². The third-order valence-corrected chi connectivity index (χ3v) is 6.82. The minimum atomic E-state index is -0.302. The molecule has 4 rings (SSSR count). The Morgan fingerprint density at radius 1 is 1.12 bits per heavy atom. The van der Waals surface area contributed by atoms with Crippen LogP contribution < -0.4 is 14.8 Å². The van der Waals surface area contributed by atoms with E-state index in [0.717, 1.165) is 37.8 Å². The quantitative estimate of drug-likeness (QED) is 0.547. The Bertz CT molecular complexity index is 1020. The average molecular weight is 463 g/mol. The summed E-state index contributed by atoms with van der Waals surface area (Å²) in [5.41, 5.74) is 1.69. The highest BCUT2D eigenvalue weighted by Crippen LogP contribution is 2.32. The standard InChI is InChI=1S/C28H34N2O4/c1-3-20(2)23(14-12-21-9-5-4-6-10-21)29-28(32)24-11-7-8-16-30(24)18-25(31)22-13-15-26-27(17-22)34-19-33-26/h4-6,9-10,12-15,17,20,23-24H,3,7-8,11,16,18-19H2,1-2H3,(H,29,32)/b14-12+/t20-,23+,24-/m0/s1. The highest BCUT2D eigenvalue weighted by molar-refractivity contribution is 5.98. The SMILES string of the molecule is CC[C@H](C)[C@@H](/C=C/c1ccccc1)NC(=O)[C@@H]1CCCCN1CC(=O)c1ccc2c(c1)OCO2. The van der Waals surface area contributed by atoms with Crippen LogP contribution in [0.25, 0.3) is 6.08 Å². The smallest absolute Gasteiger partial charge is 0.237 e. The monoisotopic (exact) mass is 462 g/mol. The molecule has 0 saturated carbocycles. The molecule has 1 amide bonds. The van der Waals surface area contributed by atoms with Crippen LogP contribution in [0, 0.1) is 5.92 Å². The van der Waals surface area contributed by atoms with Crippen LogP contribution in [0.4, 0.5) is 0 Å². The summed E-state index contributed by atoms with van der Waals surface area (Å²) in [6.07, 6.45) is 7.85. The van der Waals surface area contributed by atoms with Crippen molar-refractivity contribution in [3.63, 3.8) is 0 Å². The summed E-state index contributed by atoms with van der Waals surface area (Å²) in [7, 11) is 0. The first-order chi connectivity index (χ1) is 16.5. The molecular formula is C28H34N2O4. The molecule has 1 saturated heterocycles. The van der Waals surface area contributed by atoms with E-state index in [1.54, 1.807) is 18.2 Å². The number of Topliss-reactive ketones (excluding diaryl/α,β-unsaturated/α-hetero) is 1. The zero-order valence-electron chi connectivity index (χ0n) is 20.0. The van der Waals surface area contributed by atoms with E-state index in [0.29, 0.717) is 23.0 Å². The Hall–Kier alpha value is -3.12. The Labute approximate surface area is 201 Å². The van der Waals surface area contributed by atoms with Gasteiger partial charge in [-0.25, -0.2) is 0 Å². The molecule has 0 radical (unpaired) electrons. The van der Waals surface area contributed by atoms with Crippen molar-refractivity contribution in [2.45, 2.75) is 51.6 Å². The van der Waals surface area contributed by atoms with Crippen molar-refractivity contribution in [1.82, 2.24) is 10.2 Å². The summed E-state index contributed by atoms with van der Waals surface area (Å²) in [4.78, 5) is 28.5. The van der Waals surface area contributed by atoms with Crippen molar-refractivity contribution in [3.8, 4) is 11.5 Å². The second-order valence-electron chi connectivity index (χ2n) is 9.16. The van der Waals surface area contributed by atoms with Gasteiger partial charge in [0.05, 0.1) is 18.6 Å². The number of nitrogens with zero attached hydrogens (tertiary/aromatic N) is 1. The molecule has 2 aliphatic heterocycles. The minimum Gasteiger partial charge on any atom is -0.454 e. The maximum Gasteiger partial charge on any atom is 0.237 e. The van der Waals surface area contributed by atoms with Gasteiger partial charge >= 0.3 is 0 Å². The molecule has 2 aliphatic rings. The van der Waals surface area contributed by atoms with Gasteiger partial charge in [-0.05, 0) is 49.1 Å². The van der Waals surface area contributed by atoms with E-state index in [2.05, 4.69) is 43.4 Å². The molecule has 0 bridgehead atoms. The number of hydrogen-bond acceptors (Lipinski definition) is 5. The summed E-state index contributed by atoms with van der Waals surface area (Å²) < 4.78 is 10.8. The second-order valence-corrected chi connectivity index (χ2v) is 9.16. The van der Waals surface area contributed by atoms with Crippen LogP contribution in [0.2, 0.25) is 0 Å². The number of amides is 1. The zero-order chi connectivity index (χ0) is 23.9. The third kappa shape index (κ3) is 5.86. The number of rotatable bonds is 9. The fourth-order valence-electron chi connectivity index (χ4n) is 4.50. The van der Waals surface area contributed by atoms with Gasteiger partial charge in [0.15, 0.2) is 17.3 Å². The third-order valence-electron chi connectivity index (χ3n) is 6.82. The van der Waals surface area contributed by atoms with E-state index in [1.807, 2.05) is 23.1 Å². The number of nitrogens with one attached hydrogen (secondary N) is 1. The number of ketones is 1. The van der Waals surface area contributed by atoms with Crippen molar-refractivity contribution < 1.29 is 19.1 Å². The molecule has 1 fully saturated rings. The number of likely N-dealkylation sites (tertiary alicyclic amines) is 1. The van der Waals surface area contributed by atoms with Gasteiger partial charge in [-0.1, -0.05) is 69.2 Å². The maximum atomic E-state index is 13.4. The molecule has 180 valence electrons. The lowest BCUT2D eigenvalue weighted by Crippen LogP contribution is -2.53. The van der Waals surface area contributed by atoms with Crippen LogP contribution in [0.3, 0.4) is 0 Å². The van der Waals surface area contributed by atoms with E-state index in [9.17, 15) is 9.59 Å². The van der Waals surface area contributed by atoms with E-state index >= 15 is 0 Å². The highest BCUT2D eigenvalue weighted by Gasteiger charge is 2.32. The molecule has 6 heteroatoms. The molecule has 6 nitrogen and oxygen atoms in total. The molecule has 0 aromatic heterocycles. The van der Waals surface area contributed by atoms with Crippen molar-refractivity contribution >= 4 is 17.8 Å². The van der Waals surface area contributed by atoms with Gasteiger partial charge in [-0.2, -0.15) is 0 Å². The molecule has 0 spiro atoms. The predicted molar refractivity (Wildman–Crippen MR) is 133 cm³/mol. The first-order valence-electron chi connectivity index (χ1n) is 12.3. The van der Waals surface area contributed by atoms with Crippen molar-refractivity contribution in [1.29, 1.82) is 0 Å². The van der Waals surface area contributed by atoms with Gasteiger partial charge in [-0.15, -0.1) is 0 Å². The summed E-state index contributed by atoms with van der Waals surface area (Å²) in [6.45, 7) is 5.42. The Balaban J connectivity index is 1.43. The van der Waals surface area contributed by atoms with Gasteiger partial charge in [0, 0.05) is 5.56 Å². The number of hydrogen-bond donors (Lipinski definition) is 1. The molecule has 1 N–H and O–H groups in total. The lowest BCUT2D eigenvalue weighted by molar-refractivity contribution is -0.128. The van der Waals surface area contributed by atoms with Crippen LogP contribution in [0.5, 0.6) is 11.5 Å². The molecule has 34 heavy (non-hydrogen) atoms. The number of ether oxygens (including phenoxy) is 2. The summed E-state index contributed by atoms with van der Waals surface area (Å²) in [5, 5.41) is 3.27. The van der Waals surface area contributed by atoms with Gasteiger partial charge in [-0.3, -0.25) is 14.5 Å². The fraction of sp³-hybridized carbons (Fsp3) is 0.429. The first-order valence-corrected chi connectivity index (χ1v) is 12.3. The topological polar surface area (TPSA) is 67.9 Å². The maximum absolute atomic E-state index is 13.4. The molecule has 3 atom stereocenters. The average Bonchev–Trinajstić information content (AvgIpc) is 3.35. The number of carbonyl (C=O) groups is 2. The van der Waals surface area contributed by atoms with E-state index in [-0.39, 0.29) is 37.1 Å². The molecule has 2 aromatic carbocycles. The Kier molecular flexibility index (Phi) is 8.01. The van der Waals surface area contributed by atoms with Crippen LogP contribution in [-0.4, -0.2) is 48.6 Å². The molecule has 2 heterocycles. The largest absolute Gasteiger partial charge is 0.454 e. The molecule has 2 aromatic rings. The second kappa shape index (κ2) is 11.3. The minimum absolute atomic E-state index is 0.00111. The van der Waals surface area contributed by atoms with Gasteiger partial charge in [0.25, 0.3) is 0 Å². The van der Waals surface area contributed by atoms with Crippen molar-refractivity contribution in [2.24, 2.45) is 5.92 Å². The number of fused-ring (bicyclic) bond motifs is 1. The molecule has 0 aliphatic carbocycles. The van der Waals surface area contributed by atoms with Crippen molar-refractivity contribution in [2.75, 3.05) is 19.9 Å². The number of carbonyl (C=O) groups excluding carboxylic acids is 2. The van der Waals surface area contributed by atoms with E-state index < -0.39 is 0 Å². The Morgan fingerprint density at radius 2 is 1.91 bits per heavy atom. The normalized spacial score (nSPS) is 19.6. The van der Waals surface area contributed by atoms with Crippen molar-refractivity contribution in [3.05, 3.63) is 65.7 Å². The number of piperidine rings is 1. The zero-order valence-corrected chi connectivity index (χ0v) is 20.0. The van der Waals surface area contributed by atoms with Crippen LogP contribution in [0.1, 0.15) is 55.5 Å². The van der Waals surface area contributed by atoms with E-state index in [4.69, 9.17) is 9.47 Å². The van der Waals surface area contributed by atoms with Gasteiger partial charge in [0.1, 0.15) is 0 Å². The molecular weight excluding hydrogens is 428 g/mol. The highest BCUT2D eigenvalue weighted by atomic mass is 16.7. The first kappa shape index (κ1) is 24.0. The van der Waals surface area contributed by atoms with E-state index in [1.165, 1.54) is 0 Å². The van der Waals surface area contributed by atoms with Gasteiger partial charge in [0.2, 0.25) is 12.7 Å². The predicted octanol–water partition coefficient (Wildman–Crippen LogP) is 4.70. The van der Waals surface area contributed by atoms with Crippen LogP contribution in [-0.2, 0) is 4.79 Å². The number of benzene rings is 2. The Morgan fingerprint density at radius 3 is 2.71 bits per heavy atom. The lowest BCUT2D eigenvalue weighted by Gasteiger charge is -2.35. The summed E-state index contributed by atoms with van der Waals surface area (Å²) in [5.74, 6) is 1.55. The van der Waals surface area contributed by atoms with Gasteiger partial charge < -0.3 is 14.8 Å². The summed E-state index contributed by atoms with van der Waals surface area (Å²) in [6, 6.07) is 15.0. The molecule has 0 unspecified atom stereocenters. The lowest BCUT2D eigenvalue weighted by atomic mass is 9.95. The van der Waals surface area contributed by atoms with Crippen LogP contribution in [0.15, 0.2) is 54.6 Å². The summed E-state index contributed by atoms with van der Waals surface area (Å²) >= 11 is 0. The fourth-order valence-corrected chi connectivity index (χ4v) is 4.50.